The summed E-state index contributed by atoms with van der Waals surface area (Å²) in [5.41, 5.74) is 3.34. The lowest BCUT2D eigenvalue weighted by Crippen LogP contribution is -1.86. The predicted molar refractivity (Wildman–Crippen MR) is 107 cm³/mol. The smallest absolute Gasteiger partial charge is 0.151 e. The van der Waals surface area contributed by atoms with Gasteiger partial charge in [0.15, 0.2) is 12.6 Å². The molecule has 4 heterocycles. The lowest BCUT2D eigenvalue weighted by molar-refractivity contribution is 0.111. The van der Waals surface area contributed by atoms with Gasteiger partial charge in [0.1, 0.15) is 0 Å². The van der Waals surface area contributed by atoms with Crippen LogP contribution in [-0.4, -0.2) is 21.7 Å². The summed E-state index contributed by atoms with van der Waals surface area (Å²) in [5, 5.41) is 0. The molecule has 0 aliphatic rings. The SMILES string of the molecule is Cn1cccc1-c1cc(C=O)c(-c2sc(-c3cccn3C)cc2C=O)s1. The monoisotopic (exact) mass is 380 g/mol. The van der Waals surface area contributed by atoms with Crippen LogP contribution in [0.3, 0.4) is 0 Å². The van der Waals surface area contributed by atoms with Crippen molar-refractivity contribution in [1.82, 2.24) is 9.13 Å². The van der Waals surface area contributed by atoms with Crippen LogP contribution in [0.25, 0.3) is 30.9 Å². The molecule has 0 saturated carbocycles. The van der Waals surface area contributed by atoms with Gasteiger partial charge in [-0.3, -0.25) is 9.59 Å². The van der Waals surface area contributed by atoms with Crippen molar-refractivity contribution < 1.29 is 9.59 Å². The second-order valence-electron chi connectivity index (χ2n) is 6.03. The van der Waals surface area contributed by atoms with Crippen molar-refractivity contribution in [3.63, 3.8) is 0 Å². The highest BCUT2D eigenvalue weighted by molar-refractivity contribution is 7.25. The average Bonchev–Trinajstić information content (AvgIpc) is 3.38. The molecule has 0 bridgehead atoms. The zero-order valence-corrected chi connectivity index (χ0v) is 15.9. The molecule has 0 fully saturated rings. The van der Waals surface area contributed by atoms with Gasteiger partial charge in [-0.25, -0.2) is 0 Å². The highest BCUT2D eigenvalue weighted by atomic mass is 32.1. The quantitative estimate of drug-likeness (QED) is 0.452. The van der Waals surface area contributed by atoms with Gasteiger partial charge in [-0.1, -0.05) is 0 Å². The van der Waals surface area contributed by atoms with Gasteiger partial charge in [-0.2, -0.15) is 0 Å². The Kier molecular flexibility index (Phi) is 4.22. The molecule has 4 aromatic heterocycles. The van der Waals surface area contributed by atoms with Crippen LogP contribution < -0.4 is 0 Å². The fraction of sp³-hybridized carbons (Fsp3) is 0.100. The highest BCUT2D eigenvalue weighted by Gasteiger charge is 2.20. The first-order chi connectivity index (χ1) is 12.6. The van der Waals surface area contributed by atoms with Gasteiger partial charge in [0, 0.05) is 37.6 Å². The number of aryl methyl sites for hydroxylation is 2. The Morgan fingerprint density at radius 2 is 1.19 bits per heavy atom. The van der Waals surface area contributed by atoms with Crippen LogP contribution in [0, 0.1) is 0 Å². The Hall–Kier alpha value is -2.70. The maximum Gasteiger partial charge on any atom is 0.151 e. The summed E-state index contributed by atoms with van der Waals surface area (Å²) in [5.74, 6) is 0. The summed E-state index contributed by atoms with van der Waals surface area (Å²) in [6.45, 7) is 0. The van der Waals surface area contributed by atoms with E-state index in [2.05, 4.69) is 0 Å². The molecular weight excluding hydrogens is 364 g/mol. The van der Waals surface area contributed by atoms with Crippen molar-refractivity contribution in [2.75, 3.05) is 0 Å². The number of aromatic nitrogens is 2. The molecular formula is C20H16N2O2S2. The number of rotatable bonds is 5. The molecule has 0 aromatic carbocycles. The normalized spacial score (nSPS) is 11.0. The van der Waals surface area contributed by atoms with Crippen molar-refractivity contribution >= 4 is 35.2 Å². The summed E-state index contributed by atoms with van der Waals surface area (Å²) >= 11 is 3.09. The van der Waals surface area contributed by atoms with E-state index in [0.29, 0.717) is 11.1 Å². The molecule has 0 N–H and O–H groups in total. The minimum atomic E-state index is 0.620. The fourth-order valence-electron chi connectivity index (χ4n) is 3.03. The number of thiophene rings is 2. The molecule has 4 nitrogen and oxygen atoms in total. The van der Waals surface area contributed by atoms with Gasteiger partial charge in [-0.05, 0) is 36.4 Å². The molecule has 0 saturated heterocycles. The van der Waals surface area contributed by atoms with Gasteiger partial charge >= 0.3 is 0 Å². The minimum Gasteiger partial charge on any atom is -0.350 e. The molecule has 0 amide bonds. The first-order valence-electron chi connectivity index (χ1n) is 8.04. The Morgan fingerprint density at radius 3 is 1.50 bits per heavy atom. The maximum atomic E-state index is 11.7. The number of hydrogen-bond acceptors (Lipinski definition) is 4. The summed E-state index contributed by atoms with van der Waals surface area (Å²) < 4.78 is 4.04. The first-order valence-corrected chi connectivity index (χ1v) is 9.67. The van der Waals surface area contributed by atoms with Crippen LogP contribution in [0.2, 0.25) is 0 Å². The Labute approximate surface area is 159 Å². The third-order valence-electron chi connectivity index (χ3n) is 4.37. The molecule has 4 rings (SSSR count). The molecule has 26 heavy (non-hydrogen) atoms. The molecule has 0 unspecified atom stereocenters. The van der Waals surface area contributed by atoms with Crippen LogP contribution in [0.1, 0.15) is 20.7 Å². The number of carbonyl (C=O) groups excluding carboxylic acids is 2. The Bertz CT molecular complexity index is 1020. The van der Waals surface area contributed by atoms with E-state index in [9.17, 15) is 9.59 Å². The fourth-order valence-corrected chi connectivity index (χ4v) is 5.59. The highest BCUT2D eigenvalue weighted by Crippen LogP contribution is 2.44. The predicted octanol–water partition coefficient (Wildman–Crippen LogP) is 5.11. The summed E-state index contributed by atoms with van der Waals surface area (Å²) in [4.78, 5) is 27.1. The maximum absolute atomic E-state index is 11.7. The minimum absolute atomic E-state index is 0.620. The molecule has 130 valence electrons. The second kappa shape index (κ2) is 6.55. The van der Waals surface area contributed by atoms with E-state index in [0.717, 1.165) is 43.5 Å². The van der Waals surface area contributed by atoms with Gasteiger partial charge < -0.3 is 9.13 Å². The van der Waals surface area contributed by atoms with E-state index < -0.39 is 0 Å². The van der Waals surface area contributed by atoms with E-state index in [1.807, 2.05) is 72.0 Å². The zero-order valence-electron chi connectivity index (χ0n) is 14.3. The molecule has 6 heteroatoms. The second-order valence-corrected chi connectivity index (χ2v) is 8.14. The van der Waals surface area contributed by atoms with Crippen molar-refractivity contribution in [2.24, 2.45) is 14.1 Å². The standard InChI is InChI=1S/C20H16N2O2S2/c1-21-7-3-5-15(21)17-9-13(11-23)19(25-17)20-14(12-24)10-18(26-20)16-6-4-8-22(16)2/h3-12H,1-2H3. The topological polar surface area (TPSA) is 44.0 Å². The van der Waals surface area contributed by atoms with Gasteiger partial charge in [0.05, 0.1) is 30.9 Å². The van der Waals surface area contributed by atoms with Crippen molar-refractivity contribution in [2.45, 2.75) is 0 Å². The van der Waals surface area contributed by atoms with Crippen LogP contribution in [0.15, 0.2) is 48.8 Å². The summed E-state index contributed by atoms with van der Waals surface area (Å²) in [7, 11) is 3.95. The van der Waals surface area contributed by atoms with Crippen molar-refractivity contribution in [3.05, 3.63) is 59.9 Å². The van der Waals surface area contributed by atoms with E-state index in [1.165, 1.54) is 0 Å². The third kappa shape index (κ3) is 2.67. The van der Waals surface area contributed by atoms with Gasteiger partial charge in [-0.15, -0.1) is 22.7 Å². The molecule has 4 aromatic rings. The van der Waals surface area contributed by atoms with E-state index in [1.54, 1.807) is 22.7 Å². The van der Waals surface area contributed by atoms with Crippen LogP contribution >= 0.6 is 22.7 Å². The lowest BCUT2D eigenvalue weighted by atomic mass is 10.1. The Balaban J connectivity index is 1.88. The largest absolute Gasteiger partial charge is 0.350 e. The van der Waals surface area contributed by atoms with E-state index in [4.69, 9.17) is 0 Å². The molecule has 0 spiro atoms. The summed E-state index contributed by atoms with van der Waals surface area (Å²) in [6, 6.07) is 11.8. The first kappa shape index (κ1) is 16.8. The van der Waals surface area contributed by atoms with E-state index >= 15 is 0 Å². The Morgan fingerprint density at radius 1 is 0.769 bits per heavy atom. The average molecular weight is 380 g/mol. The van der Waals surface area contributed by atoms with Crippen molar-refractivity contribution in [3.8, 4) is 30.9 Å². The third-order valence-corrected chi connectivity index (χ3v) is 6.89. The van der Waals surface area contributed by atoms with Crippen molar-refractivity contribution in [1.29, 1.82) is 0 Å². The number of carbonyl (C=O) groups is 2. The molecule has 0 atom stereocenters. The molecule has 0 radical (unpaired) electrons. The van der Waals surface area contributed by atoms with Crippen LogP contribution in [0.4, 0.5) is 0 Å². The van der Waals surface area contributed by atoms with Gasteiger partial charge in [0.25, 0.3) is 0 Å². The lowest BCUT2D eigenvalue weighted by Gasteiger charge is -1.99. The van der Waals surface area contributed by atoms with E-state index in [-0.39, 0.29) is 0 Å². The molecule has 0 aliphatic carbocycles. The number of nitrogens with zero attached hydrogens (tertiary/aromatic N) is 2. The number of hydrogen-bond donors (Lipinski definition) is 0. The zero-order chi connectivity index (χ0) is 18.3. The molecule has 0 aliphatic heterocycles. The summed E-state index contributed by atoms with van der Waals surface area (Å²) in [6.07, 6.45) is 5.69. The number of aldehydes is 2. The van der Waals surface area contributed by atoms with Crippen LogP contribution in [0.5, 0.6) is 0 Å². The van der Waals surface area contributed by atoms with Crippen LogP contribution in [-0.2, 0) is 14.1 Å². The van der Waals surface area contributed by atoms with Gasteiger partial charge in [0.2, 0.25) is 0 Å².